The van der Waals surface area contributed by atoms with Gasteiger partial charge in [0, 0.05) is 16.3 Å². The lowest BCUT2D eigenvalue weighted by Crippen LogP contribution is -2.27. The monoisotopic (exact) mass is 367 g/mol. The molecule has 3 atom stereocenters. The molecule has 0 amide bonds. The van der Waals surface area contributed by atoms with E-state index in [1.54, 1.807) is 18.2 Å². The largest absolute Gasteiger partial charge is 0.507 e. The maximum absolute atomic E-state index is 11.3. The van der Waals surface area contributed by atoms with Crippen LogP contribution >= 0.6 is 0 Å². The number of rotatable bonds is 5. The lowest BCUT2D eigenvalue weighted by Gasteiger charge is -2.39. The number of aromatic hydroxyl groups is 2. The summed E-state index contributed by atoms with van der Waals surface area (Å²) in [6.45, 7) is 0. The molecule has 144 valence electrons. The van der Waals surface area contributed by atoms with Gasteiger partial charge in [0.2, 0.25) is 0 Å². The Morgan fingerprint density at radius 1 is 0.926 bits per heavy atom. The van der Waals surface area contributed by atoms with Crippen LogP contribution < -0.4 is 0 Å². The summed E-state index contributed by atoms with van der Waals surface area (Å²) in [5, 5.41) is 25.3. The standard InChI is InChI=1S/C23H29NO3/c25-22-19-10-4-3-9-18(19)21(24-27)23(26)20(22)11-5-6-15-12-13-16-7-1-2-8-17(16)14-15/h3-4,9-10,15-17,25-26H,1-2,5-8,11-14H2. The minimum atomic E-state index is -0.155. The molecule has 0 bridgehead atoms. The molecule has 4 nitrogen and oxygen atoms in total. The van der Waals surface area contributed by atoms with Crippen LogP contribution in [-0.2, 0) is 6.42 Å². The van der Waals surface area contributed by atoms with Gasteiger partial charge < -0.3 is 10.2 Å². The van der Waals surface area contributed by atoms with Gasteiger partial charge in [-0.15, -0.1) is 4.91 Å². The lowest BCUT2D eigenvalue weighted by molar-refractivity contribution is 0.124. The van der Waals surface area contributed by atoms with E-state index in [-0.39, 0.29) is 17.2 Å². The minimum Gasteiger partial charge on any atom is -0.507 e. The first-order chi connectivity index (χ1) is 13.2. The molecule has 0 aromatic heterocycles. The van der Waals surface area contributed by atoms with E-state index in [1.165, 1.54) is 44.9 Å². The van der Waals surface area contributed by atoms with Crippen LogP contribution in [0.15, 0.2) is 29.4 Å². The Bertz CT molecular complexity index is 832. The third-order valence-electron chi connectivity index (χ3n) is 7.01. The summed E-state index contributed by atoms with van der Waals surface area (Å²) in [4.78, 5) is 11.3. The average molecular weight is 367 g/mol. The number of phenols is 2. The van der Waals surface area contributed by atoms with Gasteiger partial charge in [-0.25, -0.2) is 0 Å². The summed E-state index contributed by atoms with van der Waals surface area (Å²) in [5.74, 6) is 2.58. The molecule has 2 fully saturated rings. The van der Waals surface area contributed by atoms with E-state index in [0.717, 1.165) is 30.6 Å². The molecule has 2 aromatic carbocycles. The van der Waals surface area contributed by atoms with Crippen LogP contribution in [0.5, 0.6) is 11.5 Å². The molecule has 2 aromatic rings. The van der Waals surface area contributed by atoms with Gasteiger partial charge in [-0.2, -0.15) is 0 Å². The number of nitroso groups, excluding NO2 is 1. The highest BCUT2D eigenvalue weighted by molar-refractivity contribution is 6.00. The van der Waals surface area contributed by atoms with E-state index >= 15 is 0 Å². The molecular weight excluding hydrogens is 338 g/mol. The molecule has 4 rings (SSSR count). The number of nitrogens with zero attached hydrogens (tertiary/aromatic N) is 1. The Hall–Kier alpha value is -2.10. The Morgan fingerprint density at radius 3 is 2.44 bits per heavy atom. The average Bonchev–Trinajstić information content (AvgIpc) is 2.71. The fourth-order valence-corrected chi connectivity index (χ4v) is 5.57. The summed E-state index contributed by atoms with van der Waals surface area (Å²) in [7, 11) is 0. The molecule has 0 spiro atoms. The summed E-state index contributed by atoms with van der Waals surface area (Å²) in [5.41, 5.74) is 0.510. The Kier molecular flexibility index (Phi) is 5.33. The van der Waals surface area contributed by atoms with Crippen molar-refractivity contribution in [3.8, 4) is 11.5 Å². The quantitative estimate of drug-likeness (QED) is 0.586. The predicted octanol–water partition coefficient (Wildman–Crippen LogP) is 6.58. The van der Waals surface area contributed by atoms with Crippen molar-refractivity contribution in [1.29, 1.82) is 0 Å². The van der Waals surface area contributed by atoms with Crippen molar-refractivity contribution < 1.29 is 10.2 Å². The first-order valence-corrected chi connectivity index (χ1v) is 10.5. The highest BCUT2D eigenvalue weighted by Crippen LogP contribution is 2.46. The molecule has 2 aliphatic carbocycles. The highest BCUT2D eigenvalue weighted by Gasteiger charge is 2.31. The van der Waals surface area contributed by atoms with Crippen LogP contribution in [0.1, 0.15) is 63.4 Å². The Labute approximate surface area is 160 Å². The molecule has 0 saturated heterocycles. The number of hydrogen-bond donors (Lipinski definition) is 2. The van der Waals surface area contributed by atoms with Gasteiger partial charge in [-0.1, -0.05) is 62.8 Å². The molecule has 0 aliphatic heterocycles. The van der Waals surface area contributed by atoms with E-state index < -0.39 is 0 Å². The van der Waals surface area contributed by atoms with Gasteiger partial charge in [0.15, 0.2) is 11.4 Å². The molecule has 4 heteroatoms. The van der Waals surface area contributed by atoms with Crippen LogP contribution in [0.4, 0.5) is 5.69 Å². The van der Waals surface area contributed by atoms with Crippen molar-refractivity contribution >= 4 is 16.5 Å². The summed E-state index contributed by atoms with van der Waals surface area (Å²) < 4.78 is 0. The van der Waals surface area contributed by atoms with Crippen molar-refractivity contribution in [1.82, 2.24) is 0 Å². The van der Waals surface area contributed by atoms with Crippen molar-refractivity contribution in [3.05, 3.63) is 34.7 Å². The predicted molar refractivity (Wildman–Crippen MR) is 108 cm³/mol. The Morgan fingerprint density at radius 2 is 1.67 bits per heavy atom. The minimum absolute atomic E-state index is 0.0427. The smallest absolute Gasteiger partial charge is 0.157 e. The van der Waals surface area contributed by atoms with Crippen molar-refractivity contribution in [2.75, 3.05) is 0 Å². The number of hydrogen-bond acceptors (Lipinski definition) is 4. The second-order valence-corrected chi connectivity index (χ2v) is 8.54. The second kappa shape index (κ2) is 7.87. The maximum Gasteiger partial charge on any atom is 0.157 e. The van der Waals surface area contributed by atoms with Crippen LogP contribution in [-0.4, -0.2) is 10.2 Å². The first-order valence-electron chi connectivity index (χ1n) is 10.5. The van der Waals surface area contributed by atoms with Crippen LogP contribution in [0.2, 0.25) is 0 Å². The molecular formula is C23H29NO3. The fraction of sp³-hybridized carbons (Fsp3) is 0.565. The van der Waals surface area contributed by atoms with E-state index in [1.807, 2.05) is 6.07 Å². The summed E-state index contributed by atoms with van der Waals surface area (Å²) in [6, 6.07) is 7.07. The summed E-state index contributed by atoms with van der Waals surface area (Å²) >= 11 is 0. The second-order valence-electron chi connectivity index (χ2n) is 8.54. The van der Waals surface area contributed by atoms with E-state index in [9.17, 15) is 15.1 Å². The van der Waals surface area contributed by atoms with Crippen molar-refractivity contribution in [2.45, 2.75) is 64.2 Å². The molecule has 2 aliphatic rings. The number of phenolic OH excluding ortho intramolecular Hbond substituents is 2. The Balaban J connectivity index is 1.45. The van der Waals surface area contributed by atoms with E-state index in [4.69, 9.17) is 0 Å². The van der Waals surface area contributed by atoms with Gasteiger partial charge in [0.25, 0.3) is 0 Å². The van der Waals surface area contributed by atoms with Gasteiger partial charge in [0.05, 0.1) is 0 Å². The zero-order chi connectivity index (χ0) is 18.8. The first kappa shape index (κ1) is 18.3. The van der Waals surface area contributed by atoms with Gasteiger partial charge in [-0.05, 0) is 48.6 Å². The molecule has 2 N–H and O–H groups in total. The fourth-order valence-electron chi connectivity index (χ4n) is 5.57. The van der Waals surface area contributed by atoms with Crippen molar-refractivity contribution in [3.63, 3.8) is 0 Å². The van der Waals surface area contributed by atoms with Gasteiger partial charge in [0.1, 0.15) is 5.75 Å². The molecule has 3 unspecified atom stereocenters. The molecule has 0 radical (unpaired) electrons. The third-order valence-corrected chi connectivity index (χ3v) is 7.01. The van der Waals surface area contributed by atoms with Crippen molar-refractivity contribution in [2.24, 2.45) is 22.9 Å². The van der Waals surface area contributed by atoms with Crippen LogP contribution in [0.25, 0.3) is 10.8 Å². The topological polar surface area (TPSA) is 69.9 Å². The summed E-state index contributed by atoms with van der Waals surface area (Å²) in [6.07, 6.45) is 12.3. The van der Waals surface area contributed by atoms with Crippen LogP contribution in [0, 0.1) is 22.7 Å². The zero-order valence-corrected chi connectivity index (χ0v) is 15.9. The maximum atomic E-state index is 11.3. The zero-order valence-electron chi connectivity index (χ0n) is 15.9. The number of fused-ring (bicyclic) bond motifs is 2. The molecule has 27 heavy (non-hydrogen) atoms. The van der Waals surface area contributed by atoms with Crippen LogP contribution in [0.3, 0.4) is 0 Å². The lowest BCUT2D eigenvalue weighted by atomic mass is 9.67. The highest BCUT2D eigenvalue weighted by atomic mass is 16.3. The molecule has 2 saturated carbocycles. The van der Waals surface area contributed by atoms with E-state index in [2.05, 4.69) is 5.18 Å². The third kappa shape index (κ3) is 3.54. The van der Waals surface area contributed by atoms with Gasteiger partial charge >= 0.3 is 0 Å². The van der Waals surface area contributed by atoms with Gasteiger partial charge in [-0.3, -0.25) is 0 Å². The SMILES string of the molecule is O=Nc1c(O)c(CCCC2CCC3CCCCC3C2)c(O)c2ccccc12. The van der Waals surface area contributed by atoms with E-state index in [0.29, 0.717) is 22.8 Å². The molecule has 0 heterocycles. The number of benzene rings is 2. The normalized spacial score (nSPS) is 25.3.